The zero-order valence-electron chi connectivity index (χ0n) is 16.1. The van der Waals surface area contributed by atoms with E-state index >= 15 is 0 Å². The Bertz CT molecular complexity index is 970. The van der Waals surface area contributed by atoms with Crippen molar-refractivity contribution in [3.63, 3.8) is 0 Å². The molecule has 0 aliphatic carbocycles. The van der Waals surface area contributed by atoms with Crippen LogP contribution in [0.5, 0.6) is 0 Å². The molecule has 1 aliphatic rings. The Labute approximate surface area is 177 Å². The van der Waals surface area contributed by atoms with Crippen molar-refractivity contribution in [1.29, 1.82) is 0 Å². The van der Waals surface area contributed by atoms with Gasteiger partial charge < -0.3 is 5.32 Å². The van der Waals surface area contributed by atoms with E-state index in [4.69, 9.17) is 0 Å². The number of likely N-dealkylation sites (tertiary alicyclic amines) is 1. The highest BCUT2D eigenvalue weighted by Crippen LogP contribution is 2.30. The summed E-state index contributed by atoms with van der Waals surface area (Å²) in [6.45, 7) is 2.67. The molecule has 1 amide bonds. The Kier molecular flexibility index (Phi) is 6.85. The van der Waals surface area contributed by atoms with Crippen LogP contribution in [0, 0.1) is 0 Å². The summed E-state index contributed by atoms with van der Waals surface area (Å²) in [5, 5.41) is 4.23. The van der Waals surface area contributed by atoms with E-state index in [0.29, 0.717) is 25.9 Å². The maximum Gasteiger partial charge on any atom is 0.416 e. The lowest BCUT2D eigenvalue weighted by molar-refractivity contribution is -0.137. The molecule has 3 rings (SSSR count). The second-order valence-corrected chi connectivity index (χ2v) is 10.00. The second-order valence-electron chi connectivity index (χ2n) is 7.11. The average molecular weight is 462 g/mol. The summed E-state index contributed by atoms with van der Waals surface area (Å²) in [4.78, 5) is 14.4. The fourth-order valence-electron chi connectivity index (χ4n) is 3.28. The average Bonchev–Trinajstić information content (AvgIpc) is 3.23. The standard InChI is InChI=1S/C19H22F3N3O3S2/c1-13(18(26)23-16-5-2-4-14(12-16)19(20,21)22)25-9-7-15(8-10-25)24-30(27,28)17-6-3-11-29-17/h2-6,11-13,15,24H,7-10H2,1H3,(H,23,26)/t13-/m1/s1. The minimum absolute atomic E-state index is 0.0836. The molecule has 11 heteroatoms. The Morgan fingerprint density at radius 2 is 1.90 bits per heavy atom. The number of hydrogen-bond donors (Lipinski definition) is 2. The Hall–Kier alpha value is -1.95. The summed E-state index contributed by atoms with van der Waals surface area (Å²) in [6.07, 6.45) is -3.41. The smallest absolute Gasteiger partial charge is 0.325 e. The number of alkyl halides is 3. The number of thiophene rings is 1. The topological polar surface area (TPSA) is 78.5 Å². The lowest BCUT2D eigenvalue weighted by Crippen LogP contribution is -2.50. The number of piperidine rings is 1. The highest BCUT2D eigenvalue weighted by molar-refractivity contribution is 7.91. The van der Waals surface area contributed by atoms with Gasteiger partial charge in [0, 0.05) is 24.8 Å². The van der Waals surface area contributed by atoms with Crippen molar-refractivity contribution >= 4 is 33.0 Å². The molecule has 30 heavy (non-hydrogen) atoms. The van der Waals surface area contributed by atoms with Crippen LogP contribution in [0.2, 0.25) is 0 Å². The molecule has 1 aliphatic heterocycles. The first-order valence-corrected chi connectivity index (χ1v) is 11.7. The molecule has 2 aromatic rings. The van der Waals surface area contributed by atoms with Gasteiger partial charge in [-0.25, -0.2) is 13.1 Å². The summed E-state index contributed by atoms with van der Waals surface area (Å²) in [7, 11) is -3.55. The van der Waals surface area contributed by atoms with E-state index in [9.17, 15) is 26.4 Å². The van der Waals surface area contributed by atoms with Gasteiger partial charge in [0.1, 0.15) is 4.21 Å². The third-order valence-corrected chi connectivity index (χ3v) is 7.91. The van der Waals surface area contributed by atoms with Crippen LogP contribution < -0.4 is 10.0 Å². The van der Waals surface area contributed by atoms with Crippen LogP contribution in [-0.4, -0.2) is 44.4 Å². The molecule has 0 spiro atoms. The van der Waals surface area contributed by atoms with Gasteiger partial charge in [-0.3, -0.25) is 9.69 Å². The van der Waals surface area contributed by atoms with Gasteiger partial charge in [0.25, 0.3) is 0 Å². The predicted octanol–water partition coefficient (Wildman–Crippen LogP) is 3.54. The molecule has 2 N–H and O–H groups in total. The summed E-state index contributed by atoms with van der Waals surface area (Å²) < 4.78 is 66.1. The SMILES string of the molecule is C[C@H](C(=O)Nc1cccc(C(F)(F)F)c1)N1CCC(NS(=O)(=O)c2cccs2)CC1. The van der Waals surface area contributed by atoms with Gasteiger partial charge in [0.15, 0.2) is 0 Å². The number of anilines is 1. The molecule has 1 atom stereocenters. The van der Waals surface area contributed by atoms with Gasteiger partial charge in [-0.15, -0.1) is 11.3 Å². The van der Waals surface area contributed by atoms with Crippen LogP contribution in [0.25, 0.3) is 0 Å². The van der Waals surface area contributed by atoms with Crippen LogP contribution in [-0.2, 0) is 21.0 Å². The molecule has 1 aromatic carbocycles. The van der Waals surface area contributed by atoms with Gasteiger partial charge in [0.05, 0.1) is 11.6 Å². The Morgan fingerprint density at radius 3 is 2.50 bits per heavy atom. The first-order valence-electron chi connectivity index (χ1n) is 9.34. The molecule has 1 fully saturated rings. The molecular weight excluding hydrogens is 439 g/mol. The number of nitrogens with one attached hydrogen (secondary N) is 2. The quantitative estimate of drug-likeness (QED) is 0.690. The van der Waals surface area contributed by atoms with E-state index in [0.717, 1.165) is 23.5 Å². The number of sulfonamides is 1. The van der Waals surface area contributed by atoms with Crippen molar-refractivity contribution in [3.8, 4) is 0 Å². The maximum absolute atomic E-state index is 12.8. The van der Waals surface area contributed by atoms with Gasteiger partial charge >= 0.3 is 6.18 Å². The highest BCUT2D eigenvalue weighted by atomic mass is 32.2. The van der Waals surface area contributed by atoms with Crippen LogP contribution in [0.4, 0.5) is 18.9 Å². The summed E-state index contributed by atoms with van der Waals surface area (Å²) >= 11 is 1.15. The fraction of sp³-hybridized carbons (Fsp3) is 0.421. The normalized spacial score (nSPS) is 17.6. The van der Waals surface area contributed by atoms with E-state index < -0.39 is 33.7 Å². The summed E-state index contributed by atoms with van der Waals surface area (Å²) in [5.74, 6) is -0.410. The van der Waals surface area contributed by atoms with Gasteiger partial charge in [-0.2, -0.15) is 13.2 Å². The zero-order valence-corrected chi connectivity index (χ0v) is 17.8. The molecule has 0 saturated carbocycles. The molecule has 6 nitrogen and oxygen atoms in total. The van der Waals surface area contributed by atoms with Crippen molar-refractivity contribution in [3.05, 3.63) is 47.3 Å². The highest BCUT2D eigenvalue weighted by Gasteiger charge is 2.32. The predicted molar refractivity (Wildman–Crippen MR) is 109 cm³/mol. The lowest BCUT2D eigenvalue weighted by atomic mass is 10.0. The number of amides is 1. The van der Waals surface area contributed by atoms with Crippen molar-refractivity contribution in [2.75, 3.05) is 18.4 Å². The molecule has 2 heterocycles. The van der Waals surface area contributed by atoms with Crippen LogP contribution in [0.1, 0.15) is 25.3 Å². The van der Waals surface area contributed by atoms with Gasteiger partial charge in [-0.1, -0.05) is 12.1 Å². The third-order valence-electron chi connectivity index (χ3n) is 5.00. The molecule has 1 saturated heterocycles. The number of carbonyl (C=O) groups excluding carboxylic acids is 1. The van der Waals surface area contributed by atoms with Crippen LogP contribution in [0.15, 0.2) is 46.0 Å². The molecule has 1 aromatic heterocycles. The van der Waals surface area contributed by atoms with E-state index in [1.807, 2.05) is 4.90 Å². The van der Waals surface area contributed by atoms with Crippen molar-refractivity contribution in [1.82, 2.24) is 9.62 Å². The first kappa shape index (κ1) is 22.7. The van der Waals surface area contributed by atoms with Crippen molar-refractivity contribution in [2.45, 2.75) is 42.2 Å². The number of rotatable bonds is 6. The number of halogens is 3. The summed E-state index contributed by atoms with van der Waals surface area (Å²) in [5.41, 5.74) is -0.743. The minimum atomic E-state index is -4.48. The maximum atomic E-state index is 12.8. The Balaban J connectivity index is 1.54. The number of nitrogens with zero attached hydrogens (tertiary/aromatic N) is 1. The molecule has 164 valence electrons. The number of carbonyl (C=O) groups is 1. The summed E-state index contributed by atoms with van der Waals surface area (Å²) in [6, 6.07) is 6.92. The van der Waals surface area contributed by atoms with Crippen LogP contribution in [0.3, 0.4) is 0 Å². The molecular formula is C19H22F3N3O3S2. The van der Waals surface area contributed by atoms with Crippen molar-refractivity contribution < 1.29 is 26.4 Å². The zero-order chi connectivity index (χ0) is 21.9. The Morgan fingerprint density at radius 1 is 1.20 bits per heavy atom. The number of benzene rings is 1. The largest absolute Gasteiger partial charge is 0.416 e. The van der Waals surface area contributed by atoms with E-state index in [1.54, 1.807) is 24.4 Å². The molecule has 0 radical (unpaired) electrons. The molecule has 0 unspecified atom stereocenters. The van der Waals surface area contributed by atoms with Crippen LogP contribution >= 0.6 is 11.3 Å². The second kappa shape index (κ2) is 9.04. The van der Waals surface area contributed by atoms with E-state index in [1.165, 1.54) is 12.1 Å². The number of hydrogen-bond acceptors (Lipinski definition) is 5. The lowest BCUT2D eigenvalue weighted by Gasteiger charge is -2.35. The van der Waals surface area contributed by atoms with Gasteiger partial charge in [-0.05, 0) is 49.4 Å². The third kappa shape index (κ3) is 5.60. The van der Waals surface area contributed by atoms with Gasteiger partial charge in [0.2, 0.25) is 15.9 Å². The van der Waals surface area contributed by atoms with Crippen molar-refractivity contribution in [2.24, 2.45) is 0 Å². The van der Waals surface area contributed by atoms with E-state index in [2.05, 4.69) is 10.0 Å². The first-order chi connectivity index (χ1) is 14.1. The fourth-order valence-corrected chi connectivity index (χ4v) is 5.60. The minimum Gasteiger partial charge on any atom is -0.325 e. The van der Waals surface area contributed by atoms with E-state index in [-0.39, 0.29) is 15.9 Å². The molecule has 0 bridgehead atoms. The monoisotopic (exact) mass is 461 g/mol.